The van der Waals surface area contributed by atoms with Crippen molar-refractivity contribution in [1.29, 1.82) is 0 Å². The Morgan fingerprint density at radius 2 is 2.25 bits per heavy atom. The topological polar surface area (TPSA) is 52.0 Å². The van der Waals surface area contributed by atoms with Crippen molar-refractivity contribution in [3.05, 3.63) is 36.1 Å². The number of aryl methyl sites for hydroxylation is 1. The quantitative estimate of drug-likeness (QED) is 0.696. The van der Waals surface area contributed by atoms with Crippen molar-refractivity contribution < 1.29 is 4.42 Å². The molecule has 1 aromatic carbocycles. The lowest BCUT2D eigenvalue weighted by Gasteiger charge is -2.01. The van der Waals surface area contributed by atoms with Crippen LogP contribution in [0.1, 0.15) is 5.56 Å². The van der Waals surface area contributed by atoms with E-state index in [1.165, 1.54) is 16.9 Å². The first-order valence-corrected chi connectivity index (χ1v) is 5.76. The monoisotopic (exact) mass is 230 g/mol. The molecule has 0 aliphatic carbocycles. The van der Waals surface area contributed by atoms with E-state index in [0.29, 0.717) is 5.13 Å². The molecule has 3 aromatic rings. The summed E-state index contributed by atoms with van der Waals surface area (Å²) in [6.45, 7) is 2.06. The van der Waals surface area contributed by atoms with Gasteiger partial charge < -0.3 is 10.2 Å². The van der Waals surface area contributed by atoms with Gasteiger partial charge in [-0.3, -0.25) is 0 Å². The van der Waals surface area contributed by atoms with Gasteiger partial charge in [-0.1, -0.05) is 11.3 Å². The zero-order valence-corrected chi connectivity index (χ0v) is 9.54. The number of furan rings is 1. The van der Waals surface area contributed by atoms with E-state index in [4.69, 9.17) is 10.2 Å². The van der Waals surface area contributed by atoms with Crippen LogP contribution in [-0.2, 0) is 0 Å². The van der Waals surface area contributed by atoms with E-state index in [-0.39, 0.29) is 0 Å². The highest BCUT2D eigenvalue weighted by atomic mass is 32.1. The molecule has 0 saturated carbocycles. The Morgan fingerprint density at radius 3 is 3.00 bits per heavy atom. The minimum atomic E-state index is 0.603. The molecule has 3 rings (SSSR count). The number of hydrogen-bond acceptors (Lipinski definition) is 4. The molecule has 0 spiro atoms. The fourth-order valence-electron chi connectivity index (χ4n) is 1.79. The van der Waals surface area contributed by atoms with Crippen molar-refractivity contribution in [3.63, 3.8) is 0 Å². The number of nitrogens with two attached hydrogens (primary N) is 1. The van der Waals surface area contributed by atoms with E-state index in [1.54, 1.807) is 6.26 Å². The number of fused-ring (bicyclic) bond motifs is 1. The summed E-state index contributed by atoms with van der Waals surface area (Å²) >= 11 is 1.51. The van der Waals surface area contributed by atoms with Gasteiger partial charge in [-0.15, -0.1) is 0 Å². The van der Waals surface area contributed by atoms with Crippen LogP contribution < -0.4 is 5.73 Å². The molecule has 2 N–H and O–H groups in total. The molecule has 0 saturated heterocycles. The van der Waals surface area contributed by atoms with Crippen molar-refractivity contribution in [3.8, 4) is 11.3 Å². The summed E-state index contributed by atoms with van der Waals surface area (Å²) < 4.78 is 6.52. The first-order chi connectivity index (χ1) is 7.74. The van der Waals surface area contributed by atoms with E-state index >= 15 is 0 Å². The lowest BCUT2D eigenvalue weighted by molar-refractivity contribution is 0.582. The number of aromatic nitrogens is 1. The fourth-order valence-corrected chi connectivity index (χ4v) is 2.60. The predicted molar refractivity (Wildman–Crippen MR) is 66.5 cm³/mol. The third kappa shape index (κ3) is 1.39. The highest BCUT2D eigenvalue weighted by Gasteiger charge is 2.09. The molecule has 16 heavy (non-hydrogen) atoms. The average Bonchev–Trinajstić information content (AvgIpc) is 2.83. The SMILES string of the molecule is Cc1cc2sc(N)nc2cc1-c1ccco1. The van der Waals surface area contributed by atoms with Crippen LogP contribution in [-0.4, -0.2) is 4.98 Å². The molecule has 0 radical (unpaired) electrons. The van der Waals surface area contributed by atoms with Gasteiger partial charge in [0.25, 0.3) is 0 Å². The van der Waals surface area contributed by atoms with Gasteiger partial charge >= 0.3 is 0 Å². The molecule has 80 valence electrons. The number of nitrogens with zero attached hydrogens (tertiary/aromatic N) is 1. The summed E-state index contributed by atoms with van der Waals surface area (Å²) in [4.78, 5) is 4.28. The zero-order valence-electron chi connectivity index (χ0n) is 8.73. The molecule has 0 unspecified atom stereocenters. The molecule has 2 heterocycles. The fraction of sp³-hybridized carbons (Fsp3) is 0.0833. The highest BCUT2D eigenvalue weighted by molar-refractivity contribution is 7.22. The number of thiazole rings is 1. The smallest absolute Gasteiger partial charge is 0.181 e. The molecule has 0 amide bonds. The Kier molecular flexibility index (Phi) is 1.97. The summed E-state index contributed by atoms with van der Waals surface area (Å²) in [5.41, 5.74) is 8.87. The molecule has 3 nitrogen and oxygen atoms in total. The lowest BCUT2D eigenvalue weighted by atomic mass is 10.1. The molecular weight excluding hydrogens is 220 g/mol. The van der Waals surface area contributed by atoms with Crippen molar-refractivity contribution in [2.45, 2.75) is 6.92 Å². The third-order valence-corrected chi connectivity index (χ3v) is 3.39. The van der Waals surface area contributed by atoms with Gasteiger partial charge in [0.15, 0.2) is 5.13 Å². The van der Waals surface area contributed by atoms with Crippen LogP contribution in [0.3, 0.4) is 0 Å². The van der Waals surface area contributed by atoms with Gasteiger partial charge in [0.1, 0.15) is 5.76 Å². The maximum Gasteiger partial charge on any atom is 0.181 e. The van der Waals surface area contributed by atoms with Gasteiger partial charge in [-0.05, 0) is 36.8 Å². The average molecular weight is 230 g/mol. The summed E-state index contributed by atoms with van der Waals surface area (Å²) in [5.74, 6) is 0.867. The summed E-state index contributed by atoms with van der Waals surface area (Å²) in [6, 6.07) is 7.95. The molecule has 0 fully saturated rings. The molecule has 4 heteroatoms. The van der Waals surface area contributed by atoms with Crippen molar-refractivity contribution >= 4 is 26.7 Å². The Hall–Kier alpha value is -1.81. The Balaban J connectivity index is 2.29. The van der Waals surface area contributed by atoms with Crippen LogP contribution >= 0.6 is 11.3 Å². The van der Waals surface area contributed by atoms with Crippen LogP contribution in [0.4, 0.5) is 5.13 Å². The number of hydrogen-bond donors (Lipinski definition) is 1. The van der Waals surface area contributed by atoms with Gasteiger partial charge in [0, 0.05) is 5.56 Å². The maximum atomic E-state index is 5.69. The van der Waals surface area contributed by atoms with Crippen molar-refractivity contribution in [1.82, 2.24) is 4.98 Å². The van der Waals surface area contributed by atoms with Gasteiger partial charge in [0.05, 0.1) is 16.5 Å². The minimum Gasteiger partial charge on any atom is -0.464 e. The van der Waals surface area contributed by atoms with E-state index in [0.717, 1.165) is 21.5 Å². The number of nitrogen functional groups attached to an aromatic ring is 1. The summed E-state index contributed by atoms with van der Waals surface area (Å²) in [5, 5.41) is 0.603. The molecule has 2 aromatic heterocycles. The van der Waals surface area contributed by atoms with Crippen LogP contribution in [0.2, 0.25) is 0 Å². The van der Waals surface area contributed by atoms with Gasteiger partial charge in [0.2, 0.25) is 0 Å². The Labute approximate surface area is 96.5 Å². The van der Waals surface area contributed by atoms with E-state index < -0.39 is 0 Å². The standard InChI is InChI=1S/C12H10N2OS/c1-7-5-11-9(14-12(13)16-11)6-8(7)10-3-2-4-15-10/h2-6H,1H3,(H2,13,14). The molecular formula is C12H10N2OS. The van der Waals surface area contributed by atoms with Crippen LogP contribution in [0.25, 0.3) is 21.5 Å². The second-order valence-corrected chi connectivity index (χ2v) is 4.73. The van der Waals surface area contributed by atoms with E-state index in [9.17, 15) is 0 Å². The normalized spacial score (nSPS) is 11.1. The van der Waals surface area contributed by atoms with Gasteiger partial charge in [-0.2, -0.15) is 0 Å². The van der Waals surface area contributed by atoms with Crippen LogP contribution in [0, 0.1) is 6.92 Å². The number of rotatable bonds is 1. The maximum absolute atomic E-state index is 5.69. The number of anilines is 1. The zero-order chi connectivity index (χ0) is 11.1. The predicted octanol–water partition coefficient (Wildman–Crippen LogP) is 3.45. The molecule has 0 aliphatic rings. The Bertz CT molecular complexity index is 640. The summed E-state index contributed by atoms with van der Waals surface area (Å²) in [6.07, 6.45) is 1.67. The van der Waals surface area contributed by atoms with Crippen molar-refractivity contribution in [2.24, 2.45) is 0 Å². The third-order valence-electron chi connectivity index (χ3n) is 2.54. The molecule has 0 atom stereocenters. The summed E-state index contributed by atoms with van der Waals surface area (Å²) in [7, 11) is 0. The van der Waals surface area contributed by atoms with Crippen LogP contribution in [0.15, 0.2) is 34.9 Å². The largest absolute Gasteiger partial charge is 0.464 e. The van der Waals surface area contributed by atoms with E-state index in [2.05, 4.69) is 18.0 Å². The van der Waals surface area contributed by atoms with Crippen molar-refractivity contribution in [2.75, 3.05) is 5.73 Å². The Morgan fingerprint density at radius 1 is 1.38 bits per heavy atom. The van der Waals surface area contributed by atoms with E-state index in [1.807, 2.05) is 18.2 Å². The lowest BCUT2D eigenvalue weighted by Crippen LogP contribution is -1.82. The highest BCUT2D eigenvalue weighted by Crippen LogP contribution is 2.31. The molecule has 0 aliphatic heterocycles. The van der Waals surface area contributed by atoms with Crippen LogP contribution in [0.5, 0.6) is 0 Å². The first-order valence-electron chi connectivity index (χ1n) is 4.94. The second kappa shape index (κ2) is 3.35. The first kappa shape index (κ1) is 9.42. The minimum absolute atomic E-state index is 0.603. The molecule has 0 bridgehead atoms. The second-order valence-electron chi connectivity index (χ2n) is 3.66. The van der Waals surface area contributed by atoms with Gasteiger partial charge in [-0.25, -0.2) is 4.98 Å². The number of benzene rings is 1.